The fraction of sp³-hybridized carbons (Fsp3) is 0.436. The van der Waals surface area contributed by atoms with E-state index in [4.69, 9.17) is 9.72 Å². The van der Waals surface area contributed by atoms with Crippen molar-refractivity contribution in [3.05, 3.63) is 119 Å². The van der Waals surface area contributed by atoms with E-state index in [0.29, 0.717) is 61.9 Å². The number of anilines is 3. The molecule has 22 heteroatoms. The van der Waals surface area contributed by atoms with Crippen LogP contribution in [0.5, 0.6) is 0 Å². The summed E-state index contributed by atoms with van der Waals surface area (Å²) in [6.45, 7) is 9.34. The summed E-state index contributed by atoms with van der Waals surface area (Å²) in [5.41, 5.74) is 5.10. The molecule has 0 aliphatic carbocycles. The van der Waals surface area contributed by atoms with E-state index < -0.39 is 64.9 Å². The molecule has 5 amide bonds. The number of amides is 5. The van der Waals surface area contributed by atoms with Crippen molar-refractivity contribution in [2.45, 2.75) is 109 Å². The van der Waals surface area contributed by atoms with Crippen molar-refractivity contribution < 1.29 is 42.6 Å². The average molecular weight is 1080 g/mol. The number of pyridine rings is 1. The Kier molecular flexibility index (Phi) is 16.8. The number of carbonyl (C=O) groups is 5. The van der Waals surface area contributed by atoms with E-state index in [0.717, 1.165) is 40.3 Å². The van der Waals surface area contributed by atoms with Crippen molar-refractivity contribution in [3.63, 3.8) is 0 Å². The summed E-state index contributed by atoms with van der Waals surface area (Å²) >= 11 is 1.56. The standard InChI is InChI=1S/C55H64F2N12O7S/c1-33-49(77-32-59-33)35-12-10-34(11-13-35)29-58-53(74)44-28-38(70)31-68(44)54(75)50(55(2,3)4)65-47(71)19-25-76-26-20-48(72)66-22-16-37(17-23-66)61-45-9-5-7-41(62-45)52(73)63-42-30-60-69-24-18-46(64-51(42)69)67-21-6-8-43(67)39-27-36(56)14-15-40(39)57/h5,7,9-15,18,24,27,30,32,37-38,43-44,50,70H,6,8,16-17,19-23,25-26,28-29,31H2,1-4H3,(H,58,74)(H,61,62)(H,63,73)(H,65,71)/t38-,43-,44?,50-/m1/s1. The number of aliphatic hydroxyl groups is 1. The average Bonchev–Trinajstić information content (AvgIpc) is 4.28. The Balaban J connectivity index is 0.691. The third kappa shape index (κ3) is 13.1. The van der Waals surface area contributed by atoms with Crippen LogP contribution in [0.3, 0.4) is 0 Å². The number of aryl methyl sites for hydroxylation is 1. The minimum atomic E-state index is -0.986. The summed E-state index contributed by atoms with van der Waals surface area (Å²) in [5.74, 6) is -1.77. The molecule has 9 rings (SSSR count). The molecule has 77 heavy (non-hydrogen) atoms. The minimum Gasteiger partial charge on any atom is -0.391 e. The number of nitrogens with one attached hydrogen (secondary N) is 4. The van der Waals surface area contributed by atoms with Crippen LogP contribution >= 0.6 is 11.3 Å². The first kappa shape index (κ1) is 54.4. The number of benzene rings is 2. The molecule has 4 atom stereocenters. The topological polar surface area (TPSA) is 229 Å². The highest BCUT2D eigenvalue weighted by Gasteiger charge is 2.44. The van der Waals surface area contributed by atoms with Crippen molar-refractivity contribution in [1.82, 2.24) is 45.0 Å². The molecule has 3 aliphatic heterocycles. The molecule has 0 saturated carbocycles. The molecule has 406 valence electrons. The number of fused-ring (bicyclic) bond motifs is 1. The van der Waals surface area contributed by atoms with Gasteiger partial charge in [0.15, 0.2) is 5.65 Å². The molecular formula is C55H64F2N12O7S. The van der Waals surface area contributed by atoms with Gasteiger partial charge >= 0.3 is 0 Å². The quantitative estimate of drug-likeness (QED) is 0.0585. The summed E-state index contributed by atoms with van der Waals surface area (Å²) < 4.78 is 36.1. The highest BCUT2D eigenvalue weighted by Crippen LogP contribution is 2.37. The molecule has 1 unspecified atom stereocenters. The van der Waals surface area contributed by atoms with Gasteiger partial charge in [-0.15, -0.1) is 11.3 Å². The van der Waals surface area contributed by atoms with Gasteiger partial charge < -0.3 is 45.8 Å². The van der Waals surface area contributed by atoms with Crippen molar-refractivity contribution >= 4 is 63.8 Å². The highest BCUT2D eigenvalue weighted by atomic mass is 32.1. The van der Waals surface area contributed by atoms with Crippen molar-refractivity contribution in [1.29, 1.82) is 0 Å². The number of aromatic nitrogens is 5. The Morgan fingerprint density at radius 1 is 0.935 bits per heavy atom. The number of likely N-dealkylation sites (tertiary alicyclic amines) is 2. The number of aliphatic hydroxyl groups excluding tert-OH is 1. The van der Waals surface area contributed by atoms with Gasteiger partial charge in [-0.2, -0.15) is 5.10 Å². The second-order valence-electron chi connectivity index (χ2n) is 20.8. The SMILES string of the molecule is Cc1ncsc1-c1ccc(CNC(=O)C2C[C@@H](O)CN2C(=O)[C@@H](NC(=O)CCOCCC(=O)N2CCC(Nc3cccc(C(=O)Nc4cnn5ccc(N6CCC[C@@H]6c6cc(F)ccc6F)nc45)n3)CC2)C(C)(C)C)cc1. The lowest BCUT2D eigenvalue weighted by molar-refractivity contribution is -0.144. The third-order valence-corrected chi connectivity index (χ3v) is 15.3. The van der Waals surface area contributed by atoms with Crippen molar-refractivity contribution in [2.75, 3.05) is 54.9 Å². The van der Waals surface area contributed by atoms with Crippen LogP contribution in [-0.4, -0.2) is 133 Å². The van der Waals surface area contributed by atoms with Crippen LogP contribution < -0.4 is 26.2 Å². The van der Waals surface area contributed by atoms with Gasteiger partial charge in [0.1, 0.15) is 46.7 Å². The number of hydrogen-bond donors (Lipinski definition) is 5. The Morgan fingerprint density at radius 2 is 1.71 bits per heavy atom. The van der Waals surface area contributed by atoms with Crippen LogP contribution in [-0.2, 0) is 30.5 Å². The third-order valence-electron chi connectivity index (χ3n) is 14.3. The predicted octanol–water partition coefficient (Wildman–Crippen LogP) is 6.44. The summed E-state index contributed by atoms with van der Waals surface area (Å²) in [6.07, 6.45) is 5.12. The van der Waals surface area contributed by atoms with E-state index >= 15 is 0 Å². The van der Waals surface area contributed by atoms with Gasteiger partial charge in [0.05, 0.1) is 54.1 Å². The van der Waals surface area contributed by atoms with E-state index in [1.165, 1.54) is 21.7 Å². The van der Waals surface area contributed by atoms with Crippen LogP contribution in [0.1, 0.15) is 99.1 Å². The summed E-state index contributed by atoms with van der Waals surface area (Å²) in [4.78, 5) is 87.3. The smallest absolute Gasteiger partial charge is 0.274 e. The Morgan fingerprint density at radius 3 is 2.47 bits per heavy atom. The predicted molar refractivity (Wildman–Crippen MR) is 286 cm³/mol. The number of β-amino-alcohol motifs (C(OH)–C–C–N with tert-alkyl or cyclic N) is 1. The van der Waals surface area contributed by atoms with Crippen molar-refractivity contribution in [3.8, 4) is 10.4 Å². The number of carbonyl (C=O) groups excluding carboxylic acids is 5. The zero-order chi connectivity index (χ0) is 54.4. The highest BCUT2D eigenvalue weighted by molar-refractivity contribution is 7.13. The fourth-order valence-electron chi connectivity index (χ4n) is 10.1. The number of rotatable bonds is 18. The molecule has 7 heterocycles. The molecular weight excluding hydrogens is 1010 g/mol. The van der Waals surface area contributed by atoms with Crippen LogP contribution in [0.4, 0.5) is 26.1 Å². The first-order valence-corrected chi connectivity index (χ1v) is 26.9. The molecule has 0 spiro atoms. The molecule has 3 fully saturated rings. The summed E-state index contributed by atoms with van der Waals surface area (Å²) in [5, 5.41) is 27.0. The van der Waals surface area contributed by atoms with E-state index in [2.05, 4.69) is 36.3 Å². The molecule has 4 aromatic heterocycles. The number of halogens is 2. The normalized spacial score (nSPS) is 18.4. The van der Waals surface area contributed by atoms with Gasteiger partial charge in [0.2, 0.25) is 23.6 Å². The Labute approximate surface area is 448 Å². The van der Waals surface area contributed by atoms with Gasteiger partial charge in [-0.05, 0) is 85.5 Å². The number of thiazole rings is 1. The van der Waals surface area contributed by atoms with Gasteiger partial charge in [-0.25, -0.2) is 28.2 Å². The fourth-order valence-corrected chi connectivity index (χ4v) is 11.0. The lowest BCUT2D eigenvalue weighted by Gasteiger charge is -2.35. The number of nitrogens with zero attached hydrogens (tertiary/aromatic N) is 8. The Hall–Kier alpha value is -7.43. The van der Waals surface area contributed by atoms with Gasteiger partial charge in [-0.3, -0.25) is 24.0 Å². The molecule has 19 nitrogen and oxygen atoms in total. The number of piperidine rings is 1. The van der Waals surface area contributed by atoms with Crippen LogP contribution in [0.15, 0.2) is 84.6 Å². The van der Waals surface area contributed by atoms with Gasteiger partial charge in [0, 0.05) is 63.4 Å². The van der Waals surface area contributed by atoms with E-state index in [1.54, 1.807) is 52.2 Å². The van der Waals surface area contributed by atoms with Crippen LogP contribution in [0.2, 0.25) is 0 Å². The van der Waals surface area contributed by atoms with Crippen LogP contribution in [0, 0.1) is 24.0 Å². The minimum absolute atomic E-state index is 0.00651. The first-order valence-electron chi connectivity index (χ1n) is 26.0. The summed E-state index contributed by atoms with van der Waals surface area (Å²) in [7, 11) is 0. The van der Waals surface area contributed by atoms with E-state index in [1.807, 2.05) is 56.9 Å². The van der Waals surface area contributed by atoms with E-state index in [-0.39, 0.29) is 68.8 Å². The maximum absolute atomic E-state index is 14.8. The molecule has 3 aliphatic rings. The monoisotopic (exact) mass is 1070 g/mol. The number of hydrogen-bond acceptors (Lipinski definition) is 14. The molecule has 0 bridgehead atoms. The molecule has 5 N–H and O–H groups in total. The molecule has 3 saturated heterocycles. The zero-order valence-electron chi connectivity index (χ0n) is 43.5. The first-order chi connectivity index (χ1) is 37.0. The zero-order valence-corrected chi connectivity index (χ0v) is 44.3. The van der Waals surface area contributed by atoms with Gasteiger partial charge in [-0.1, -0.05) is 51.1 Å². The molecule has 0 radical (unpaired) electrons. The second kappa shape index (κ2) is 23.9. The van der Waals surface area contributed by atoms with E-state index in [9.17, 15) is 37.9 Å². The summed E-state index contributed by atoms with van der Waals surface area (Å²) in [6, 6.07) is 15.8. The second-order valence-corrected chi connectivity index (χ2v) is 21.7. The largest absolute Gasteiger partial charge is 0.391 e. The molecule has 2 aromatic carbocycles. The lowest BCUT2D eigenvalue weighted by Crippen LogP contribution is -2.57. The number of ether oxygens (including phenoxy) is 1. The molecule has 6 aromatic rings. The lowest BCUT2D eigenvalue weighted by atomic mass is 9.85. The maximum Gasteiger partial charge on any atom is 0.274 e. The van der Waals surface area contributed by atoms with Crippen molar-refractivity contribution in [2.24, 2.45) is 5.41 Å². The maximum atomic E-state index is 14.8. The Bertz CT molecular complexity index is 3100. The van der Waals surface area contributed by atoms with Crippen LogP contribution in [0.25, 0.3) is 16.1 Å². The van der Waals surface area contributed by atoms with Gasteiger partial charge in [0.25, 0.3) is 5.91 Å².